The maximum Gasteiger partial charge on any atom is 0.316 e. The molecule has 6 rings (SSSR count). The van der Waals surface area contributed by atoms with Gasteiger partial charge in [0.2, 0.25) is 0 Å². The van der Waals surface area contributed by atoms with Gasteiger partial charge < -0.3 is 18.9 Å². The third kappa shape index (κ3) is 5.55. The van der Waals surface area contributed by atoms with Crippen LogP contribution in [0.3, 0.4) is 0 Å². The molecule has 1 aliphatic carbocycles. The summed E-state index contributed by atoms with van der Waals surface area (Å²) in [5.41, 5.74) is 3.76. The number of rotatable bonds is 6. The largest absolute Gasteiger partial charge is 0.493 e. The minimum atomic E-state index is -0.588. The van der Waals surface area contributed by atoms with Crippen LogP contribution in [0.2, 0.25) is 0 Å². The van der Waals surface area contributed by atoms with Crippen LogP contribution in [0.15, 0.2) is 66.5 Å². The molecule has 0 saturated carbocycles. The normalized spacial score (nSPS) is 22.2. The Morgan fingerprint density at radius 2 is 1.85 bits per heavy atom. The second kappa shape index (κ2) is 11.2. The number of hydrogen-bond acceptors (Lipinski definition) is 6. The Labute approximate surface area is 237 Å². The van der Waals surface area contributed by atoms with Crippen molar-refractivity contribution in [1.82, 2.24) is 4.90 Å². The van der Waals surface area contributed by atoms with Gasteiger partial charge in [-0.3, -0.25) is 9.69 Å². The number of likely N-dealkylation sites (tertiary alicyclic amines) is 1. The predicted octanol–water partition coefficient (Wildman–Crippen LogP) is 6.66. The van der Waals surface area contributed by atoms with Crippen molar-refractivity contribution in [3.8, 4) is 17.2 Å². The van der Waals surface area contributed by atoms with Gasteiger partial charge in [-0.05, 0) is 83.5 Å². The lowest BCUT2D eigenvalue weighted by molar-refractivity contribution is -0.143. The van der Waals surface area contributed by atoms with E-state index in [0.29, 0.717) is 18.1 Å². The highest BCUT2D eigenvalue weighted by Crippen LogP contribution is 2.49. The first-order chi connectivity index (χ1) is 19.4. The number of benzene rings is 2. The fourth-order valence-corrected chi connectivity index (χ4v) is 5.85. The Morgan fingerprint density at radius 1 is 1.02 bits per heavy atom. The summed E-state index contributed by atoms with van der Waals surface area (Å²) >= 11 is 0. The number of carbonyl (C=O) groups excluding carboxylic acids is 1. The predicted molar refractivity (Wildman–Crippen MR) is 156 cm³/mol. The summed E-state index contributed by atoms with van der Waals surface area (Å²) in [5.74, 6) is 2.90. The molecule has 1 fully saturated rings. The number of piperidine rings is 1. The maximum absolute atomic E-state index is 12.5. The minimum Gasteiger partial charge on any atom is -0.493 e. The van der Waals surface area contributed by atoms with Crippen molar-refractivity contribution >= 4 is 17.1 Å². The average Bonchev–Trinajstić information content (AvgIpc) is 2.97. The van der Waals surface area contributed by atoms with Gasteiger partial charge in [-0.25, -0.2) is 0 Å². The lowest BCUT2D eigenvalue weighted by atomic mass is 9.80. The molecule has 2 atom stereocenters. The van der Waals surface area contributed by atoms with E-state index in [1.54, 1.807) is 0 Å². The Kier molecular flexibility index (Phi) is 7.45. The summed E-state index contributed by atoms with van der Waals surface area (Å²) in [6.45, 7) is 10.1. The zero-order chi connectivity index (χ0) is 27.7. The minimum absolute atomic E-state index is 0.150. The van der Waals surface area contributed by atoms with E-state index in [2.05, 4.69) is 29.2 Å². The Balaban J connectivity index is 1.22. The summed E-state index contributed by atoms with van der Waals surface area (Å²) in [6.07, 6.45) is 11.1. The van der Waals surface area contributed by atoms with Crippen molar-refractivity contribution < 1.29 is 23.7 Å². The zero-order valence-electron chi connectivity index (χ0n) is 23.8. The molecule has 0 aromatic heterocycles. The molecule has 210 valence electrons. The van der Waals surface area contributed by atoms with Crippen molar-refractivity contribution in [1.29, 1.82) is 0 Å². The van der Waals surface area contributed by atoms with E-state index in [-0.39, 0.29) is 18.0 Å². The maximum atomic E-state index is 12.5. The number of para-hydroxylation sites is 1. The first kappa shape index (κ1) is 26.7. The average molecular weight is 542 g/mol. The summed E-state index contributed by atoms with van der Waals surface area (Å²) in [7, 11) is 0. The molecule has 3 heterocycles. The van der Waals surface area contributed by atoms with E-state index in [1.165, 1.54) is 32.4 Å². The van der Waals surface area contributed by atoms with Crippen LogP contribution in [0, 0.1) is 11.3 Å². The summed E-state index contributed by atoms with van der Waals surface area (Å²) in [4.78, 5) is 15.0. The smallest absolute Gasteiger partial charge is 0.316 e. The van der Waals surface area contributed by atoms with Crippen LogP contribution < -0.4 is 14.2 Å². The van der Waals surface area contributed by atoms with E-state index in [1.807, 2.05) is 57.2 Å². The second-order valence-electron chi connectivity index (χ2n) is 12.1. The first-order valence-corrected chi connectivity index (χ1v) is 14.6. The van der Waals surface area contributed by atoms with Gasteiger partial charge in [0.15, 0.2) is 0 Å². The SMILES string of the molecule is CC(C)(C)C(=O)Oc1ccc2c(c1)OCC1=C2[C@H](C2C=CC(OCCN3CCCCC3)=CC2)Oc2ccccc21. The summed E-state index contributed by atoms with van der Waals surface area (Å²) in [5, 5.41) is 0. The molecule has 6 heteroatoms. The molecule has 0 spiro atoms. The number of fused-ring (bicyclic) bond motifs is 4. The van der Waals surface area contributed by atoms with Crippen molar-refractivity contribution in [2.75, 3.05) is 32.8 Å². The highest BCUT2D eigenvalue weighted by molar-refractivity contribution is 5.99. The molecule has 0 N–H and O–H groups in total. The molecular formula is C34H39NO5. The Bertz CT molecular complexity index is 1360. The first-order valence-electron chi connectivity index (χ1n) is 14.6. The standard InChI is InChI=1S/C34H39NO5/c1-34(2,3)33(36)39-25-15-16-27-30(21-25)38-22-28-26-9-5-6-10-29(26)40-32(31(27)28)23-11-13-24(14-12-23)37-20-19-35-17-7-4-8-18-35/h5-6,9-11,13-16,21,23,32H,4,7-8,12,17-20,22H2,1-3H3/t23?,32-/m0/s1. The summed E-state index contributed by atoms with van der Waals surface area (Å²) < 4.78 is 24.7. The molecule has 0 amide bonds. The highest BCUT2D eigenvalue weighted by atomic mass is 16.5. The van der Waals surface area contributed by atoms with Gasteiger partial charge in [0, 0.05) is 40.8 Å². The van der Waals surface area contributed by atoms with Crippen LogP contribution in [0.25, 0.3) is 11.1 Å². The van der Waals surface area contributed by atoms with E-state index < -0.39 is 5.41 Å². The van der Waals surface area contributed by atoms with Crippen molar-refractivity contribution in [2.45, 2.75) is 52.6 Å². The number of hydrogen-bond donors (Lipinski definition) is 0. The molecule has 0 bridgehead atoms. The van der Waals surface area contributed by atoms with Gasteiger partial charge in [0.1, 0.15) is 42.3 Å². The number of carbonyl (C=O) groups is 1. The van der Waals surface area contributed by atoms with Gasteiger partial charge in [-0.15, -0.1) is 0 Å². The van der Waals surface area contributed by atoms with Crippen LogP contribution in [0.5, 0.6) is 17.2 Å². The number of esters is 1. The van der Waals surface area contributed by atoms with Crippen molar-refractivity contribution in [3.63, 3.8) is 0 Å². The van der Waals surface area contributed by atoms with Crippen LogP contribution >= 0.6 is 0 Å². The van der Waals surface area contributed by atoms with E-state index in [4.69, 9.17) is 18.9 Å². The van der Waals surface area contributed by atoms with Crippen molar-refractivity contribution in [3.05, 3.63) is 77.6 Å². The Morgan fingerprint density at radius 3 is 2.62 bits per heavy atom. The number of allylic oxidation sites excluding steroid dienone is 2. The highest BCUT2D eigenvalue weighted by Gasteiger charge is 2.38. The molecule has 3 aliphatic heterocycles. The lowest BCUT2D eigenvalue weighted by Gasteiger charge is -2.38. The van der Waals surface area contributed by atoms with Gasteiger partial charge in [0.05, 0.1) is 5.41 Å². The third-order valence-corrected chi connectivity index (χ3v) is 8.13. The molecule has 1 unspecified atom stereocenters. The van der Waals surface area contributed by atoms with Crippen molar-refractivity contribution in [2.24, 2.45) is 11.3 Å². The van der Waals surface area contributed by atoms with E-state index >= 15 is 0 Å². The number of ether oxygens (including phenoxy) is 4. The van der Waals surface area contributed by atoms with E-state index in [9.17, 15) is 4.79 Å². The fraction of sp³-hybridized carbons (Fsp3) is 0.441. The molecule has 40 heavy (non-hydrogen) atoms. The molecule has 2 aromatic rings. The zero-order valence-corrected chi connectivity index (χ0v) is 23.8. The Hall–Kier alpha value is -3.51. The molecule has 0 radical (unpaired) electrons. The number of nitrogens with zero attached hydrogens (tertiary/aromatic N) is 1. The molecule has 2 aromatic carbocycles. The van der Waals surface area contributed by atoms with E-state index in [0.717, 1.165) is 53.4 Å². The van der Waals surface area contributed by atoms with Gasteiger partial charge in [0.25, 0.3) is 0 Å². The van der Waals surface area contributed by atoms with Crippen LogP contribution in [0.4, 0.5) is 0 Å². The lowest BCUT2D eigenvalue weighted by Crippen LogP contribution is -2.34. The third-order valence-electron chi connectivity index (χ3n) is 8.13. The molecule has 4 aliphatic rings. The quantitative estimate of drug-likeness (QED) is 0.301. The fourth-order valence-electron chi connectivity index (χ4n) is 5.85. The molecule has 1 saturated heterocycles. The van der Waals surface area contributed by atoms with Gasteiger partial charge in [-0.1, -0.05) is 30.7 Å². The topological polar surface area (TPSA) is 57.2 Å². The molecular weight excluding hydrogens is 502 g/mol. The second-order valence-corrected chi connectivity index (χ2v) is 12.1. The van der Waals surface area contributed by atoms with Crippen LogP contribution in [-0.4, -0.2) is 49.8 Å². The monoisotopic (exact) mass is 541 g/mol. The van der Waals surface area contributed by atoms with Crippen LogP contribution in [-0.2, 0) is 9.53 Å². The van der Waals surface area contributed by atoms with Crippen LogP contribution in [0.1, 0.15) is 57.6 Å². The van der Waals surface area contributed by atoms with Gasteiger partial charge in [-0.2, -0.15) is 0 Å². The van der Waals surface area contributed by atoms with Gasteiger partial charge >= 0.3 is 5.97 Å². The summed E-state index contributed by atoms with van der Waals surface area (Å²) in [6, 6.07) is 13.9. The molecule has 6 nitrogen and oxygen atoms in total.